The second-order valence-electron chi connectivity index (χ2n) is 4.45. The molecule has 0 saturated heterocycles. The Kier molecular flexibility index (Phi) is 4.57. The predicted molar refractivity (Wildman–Crippen MR) is 85.8 cm³/mol. The highest BCUT2D eigenvalue weighted by Crippen LogP contribution is 2.25. The van der Waals surface area contributed by atoms with E-state index in [2.05, 4.69) is 5.32 Å². The summed E-state index contributed by atoms with van der Waals surface area (Å²) in [7, 11) is 0. The monoisotopic (exact) mass is 308 g/mol. The summed E-state index contributed by atoms with van der Waals surface area (Å²) in [6.07, 6.45) is 0. The van der Waals surface area contributed by atoms with Gasteiger partial charge in [-0.05, 0) is 36.8 Å². The first-order chi connectivity index (χ1) is 9.49. The summed E-state index contributed by atoms with van der Waals surface area (Å²) in [4.78, 5) is 0.0314. The van der Waals surface area contributed by atoms with Gasteiger partial charge in [0.05, 0.1) is 5.56 Å². The molecule has 3 N–H and O–H groups in total. The highest BCUT2D eigenvalue weighted by molar-refractivity contribution is 7.80. The number of nitrogens with two attached hydrogens (primary N) is 1. The molecule has 2 aromatic rings. The smallest absolute Gasteiger partial charge is 0.135 e. The highest BCUT2D eigenvalue weighted by atomic mass is 35.5. The lowest BCUT2D eigenvalue weighted by Gasteiger charge is -2.18. The lowest BCUT2D eigenvalue weighted by Crippen LogP contribution is -2.17. The van der Waals surface area contributed by atoms with Gasteiger partial charge in [-0.2, -0.15) is 0 Å². The molecule has 1 atom stereocenters. The molecule has 0 saturated carbocycles. The van der Waals surface area contributed by atoms with Gasteiger partial charge in [0.15, 0.2) is 0 Å². The predicted octanol–water partition coefficient (Wildman–Crippen LogP) is 4.29. The SMILES string of the molecule is CC(Nc1cccc(F)c1C(N)=S)c1cccc(Cl)c1. The summed E-state index contributed by atoms with van der Waals surface area (Å²) in [6.45, 7) is 1.96. The van der Waals surface area contributed by atoms with Crippen LogP contribution in [0.4, 0.5) is 10.1 Å². The van der Waals surface area contributed by atoms with Crippen molar-refractivity contribution in [2.75, 3.05) is 5.32 Å². The Morgan fingerprint density at radius 1 is 1.30 bits per heavy atom. The molecule has 104 valence electrons. The molecule has 0 bridgehead atoms. The summed E-state index contributed by atoms with van der Waals surface area (Å²) in [5, 5.41) is 3.87. The average Bonchev–Trinajstić information content (AvgIpc) is 2.38. The van der Waals surface area contributed by atoms with E-state index in [0.29, 0.717) is 10.7 Å². The van der Waals surface area contributed by atoms with Gasteiger partial charge in [-0.1, -0.05) is 42.0 Å². The number of hydrogen-bond acceptors (Lipinski definition) is 2. The fourth-order valence-corrected chi connectivity index (χ4v) is 2.39. The fraction of sp³-hybridized carbons (Fsp3) is 0.133. The third kappa shape index (κ3) is 3.26. The van der Waals surface area contributed by atoms with Gasteiger partial charge in [0.1, 0.15) is 10.8 Å². The molecule has 0 amide bonds. The molecule has 2 aromatic carbocycles. The topological polar surface area (TPSA) is 38.0 Å². The van der Waals surface area contributed by atoms with Crippen LogP contribution in [0.15, 0.2) is 42.5 Å². The third-order valence-corrected chi connectivity index (χ3v) is 3.42. The molecule has 0 aliphatic carbocycles. The van der Waals surface area contributed by atoms with Gasteiger partial charge in [0.2, 0.25) is 0 Å². The van der Waals surface area contributed by atoms with Gasteiger partial charge in [0.25, 0.3) is 0 Å². The van der Waals surface area contributed by atoms with Crippen LogP contribution >= 0.6 is 23.8 Å². The van der Waals surface area contributed by atoms with Crippen molar-refractivity contribution in [3.63, 3.8) is 0 Å². The number of thiocarbonyl (C=S) groups is 1. The van der Waals surface area contributed by atoms with Crippen LogP contribution in [0.5, 0.6) is 0 Å². The number of hydrogen-bond donors (Lipinski definition) is 2. The highest BCUT2D eigenvalue weighted by Gasteiger charge is 2.13. The molecule has 5 heteroatoms. The van der Waals surface area contributed by atoms with E-state index < -0.39 is 5.82 Å². The van der Waals surface area contributed by atoms with Crippen LogP contribution in [0.3, 0.4) is 0 Å². The zero-order chi connectivity index (χ0) is 14.7. The van der Waals surface area contributed by atoms with Gasteiger partial charge in [-0.3, -0.25) is 0 Å². The summed E-state index contributed by atoms with van der Waals surface area (Å²) >= 11 is 10.9. The summed E-state index contributed by atoms with van der Waals surface area (Å²) < 4.78 is 13.8. The van der Waals surface area contributed by atoms with Crippen molar-refractivity contribution in [2.45, 2.75) is 13.0 Å². The Hall–Kier alpha value is -1.65. The van der Waals surface area contributed by atoms with Crippen molar-refractivity contribution in [3.8, 4) is 0 Å². The summed E-state index contributed by atoms with van der Waals surface area (Å²) in [5.41, 5.74) is 7.39. The number of benzene rings is 2. The van der Waals surface area contributed by atoms with Crippen molar-refractivity contribution in [1.82, 2.24) is 0 Å². The van der Waals surface area contributed by atoms with E-state index in [1.54, 1.807) is 18.2 Å². The maximum atomic E-state index is 13.8. The number of anilines is 1. The lowest BCUT2D eigenvalue weighted by molar-refractivity contribution is 0.625. The molecule has 0 heterocycles. The standard InChI is InChI=1S/C15H14ClFN2S/c1-9(10-4-2-5-11(16)8-10)19-13-7-3-6-12(17)14(13)15(18)20/h2-9,19H,1H3,(H2,18,20). The molecule has 20 heavy (non-hydrogen) atoms. The van der Waals surface area contributed by atoms with Gasteiger partial charge < -0.3 is 11.1 Å². The largest absolute Gasteiger partial charge is 0.389 e. The van der Waals surface area contributed by atoms with E-state index >= 15 is 0 Å². The van der Waals surface area contributed by atoms with E-state index in [4.69, 9.17) is 29.6 Å². The van der Waals surface area contributed by atoms with Crippen LogP contribution in [0.2, 0.25) is 5.02 Å². The Balaban J connectivity index is 2.30. The Morgan fingerprint density at radius 2 is 2.00 bits per heavy atom. The molecule has 0 aromatic heterocycles. The number of rotatable bonds is 4. The van der Waals surface area contributed by atoms with Crippen LogP contribution in [0.1, 0.15) is 24.1 Å². The quantitative estimate of drug-likeness (QED) is 0.828. The molecular weight excluding hydrogens is 295 g/mol. The second kappa shape index (κ2) is 6.20. The summed E-state index contributed by atoms with van der Waals surface area (Å²) in [5.74, 6) is -0.430. The molecule has 0 fully saturated rings. The molecule has 0 aliphatic rings. The minimum absolute atomic E-state index is 0.0314. The van der Waals surface area contributed by atoms with Gasteiger partial charge in [-0.25, -0.2) is 4.39 Å². The molecule has 1 unspecified atom stereocenters. The first-order valence-corrected chi connectivity index (χ1v) is 6.88. The lowest BCUT2D eigenvalue weighted by atomic mass is 10.1. The minimum Gasteiger partial charge on any atom is -0.389 e. The minimum atomic E-state index is -0.430. The second-order valence-corrected chi connectivity index (χ2v) is 5.32. The molecule has 0 spiro atoms. The van der Waals surface area contributed by atoms with Crippen molar-refractivity contribution < 1.29 is 4.39 Å². The first-order valence-electron chi connectivity index (χ1n) is 6.09. The fourth-order valence-electron chi connectivity index (χ4n) is 1.99. The van der Waals surface area contributed by atoms with Crippen molar-refractivity contribution in [2.24, 2.45) is 5.73 Å². The number of nitrogens with one attached hydrogen (secondary N) is 1. The zero-order valence-electron chi connectivity index (χ0n) is 10.9. The Morgan fingerprint density at radius 3 is 2.65 bits per heavy atom. The number of halogens is 2. The zero-order valence-corrected chi connectivity index (χ0v) is 12.4. The van der Waals surface area contributed by atoms with Crippen LogP contribution < -0.4 is 11.1 Å². The van der Waals surface area contributed by atoms with Gasteiger partial charge >= 0.3 is 0 Å². The van der Waals surface area contributed by atoms with E-state index in [0.717, 1.165) is 5.56 Å². The van der Waals surface area contributed by atoms with E-state index in [1.165, 1.54) is 6.07 Å². The van der Waals surface area contributed by atoms with Crippen LogP contribution in [-0.4, -0.2) is 4.99 Å². The van der Waals surface area contributed by atoms with Crippen molar-refractivity contribution in [1.29, 1.82) is 0 Å². The normalized spacial score (nSPS) is 11.9. The van der Waals surface area contributed by atoms with Crippen LogP contribution in [0.25, 0.3) is 0 Å². The maximum Gasteiger partial charge on any atom is 0.135 e. The van der Waals surface area contributed by atoms with E-state index in [1.807, 2.05) is 25.1 Å². The van der Waals surface area contributed by atoms with E-state index in [-0.39, 0.29) is 16.6 Å². The Bertz CT molecular complexity index is 646. The van der Waals surface area contributed by atoms with Crippen molar-refractivity contribution in [3.05, 3.63) is 64.4 Å². The first kappa shape index (κ1) is 14.8. The summed E-state index contributed by atoms with van der Waals surface area (Å²) in [6, 6.07) is 12.1. The third-order valence-electron chi connectivity index (χ3n) is 2.98. The Labute approximate surface area is 127 Å². The molecule has 2 nitrogen and oxygen atoms in total. The van der Waals surface area contributed by atoms with Gasteiger partial charge in [0, 0.05) is 16.8 Å². The molecular formula is C15H14ClFN2S. The average molecular weight is 309 g/mol. The van der Waals surface area contributed by atoms with Crippen molar-refractivity contribution >= 4 is 34.5 Å². The van der Waals surface area contributed by atoms with Crippen LogP contribution in [-0.2, 0) is 0 Å². The maximum absolute atomic E-state index is 13.8. The van der Waals surface area contributed by atoms with Gasteiger partial charge in [-0.15, -0.1) is 0 Å². The molecule has 0 aliphatic heterocycles. The van der Waals surface area contributed by atoms with Crippen LogP contribution in [0, 0.1) is 5.82 Å². The molecule has 2 rings (SSSR count). The van der Waals surface area contributed by atoms with E-state index in [9.17, 15) is 4.39 Å². The molecule has 0 radical (unpaired) electrons.